The van der Waals surface area contributed by atoms with E-state index in [0.29, 0.717) is 5.11 Å². The van der Waals surface area contributed by atoms with E-state index in [9.17, 15) is 0 Å². The van der Waals surface area contributed by atoms with Gasteiger partial charge in [-0.25, -0.2) is 0 Å². The first-order chi connectivity index (χ1) is 9.69. The summed E-state index contributed by atoms with van der Waals surface area (Å²) in [5.41, 5.74) is 5.04. The van der Waals surface area contributed by atoms with E-state index < -0.39 is 0 Å². The highest BCUT2D eigenvalue weighted by atomic mass is 32.1. The van der Waals surface area contributed by atoms with Crippen LogP contribution in [0.5, 0.6) is 5.75 Å². The van der Waals surface area contributed by atoms with Crippen LogP contribution in [-0.2, 0) is 0 Å². The SMILES string of the molecule is COc1ccc(NC(=S)NN(C)c2ccccc2)cc1. The molecule has 0 fully saturated rings. The summed E-state index contributed by atoms with van der Waals surface area (Å²) in [6.07, 6.45) is 0. The third-order valence-electron chi connectivity index (χ3n) is 2.76. The van der Waals surface area contributed by atoms with Crippen LogP contribution in [0.3, 0.4) is 0 Å². The molecule has 0 aliphatic rings. The van der Waals surface area contributed by atoms with Gasteiger partial charge in [-0.1, -0.05) is 18.2 Å². The van der Waals surface area contributed by atoms with Crippen molar-refractivity contribution in [1.29, 1.82) is 0 Å². The molecule has 0 atom stereocenters. The van der Waals surface area contributed by atoms with Gasteiger partial charge in [0.2, 0.25) is 0 Å². The number of para-hydroxylation sites is 1. The molecule has 5 heteroatoms. The lowest BCUT2D eigenvalue weighted by molar-refractivity contribution is 0.415. The molecule has 0 bridgehead atoms. The van der Waals surface area contributed by atoms with Crippen molar-refractivity contribution in [2.75, 3.05) is 24.5 Å². The Hall–Kier alpha value is -2.27. The van der Waals surface area contributed by atoms with E-state index in [4.69, 9.17) is 17.0 Å². The predicted octanol–water partition coefficient (Wildman–Crippen LogP) is 3.03. The molecule has 0 saturated carbocycles. The molecule has 104 valence electrons. The van der Waals surface area contributed by atoms with Crippen LogP contribution in [-0.4, -0.2) is 19.3 Å². The third-order valence-corrected chi connectivity index (χ3v) is 2.95. The molecule has 0 aliphatic carbocycles. The molecule has 0 amide bonds. The monoisotopic (exact) mass is 287 g/mol. The summed E-state index contributed by atoms with van der Waals surface area (Å²) in [6, 6.07) is 17.5. The number of hydrazine groups is 1. The van der Waals surface area contributed by atoms with Gasteiger partial charge in [-0.05, 0) is 48.6 Å². The summed E-state index contributed by atoms with van der Waals surface area (Å²) in [5.74, 6) is 0.816. The predicted molar refractivity (Wildman–Crippen MR) is 87.2 cm³/mol. The van der Waals surface area contributed by atoms with Crippen molar-refractivity contribution in [1.82, 2.24) is 5.43 Å². The summed E-state index contributed by atoms with van der Waals surface area (Å²) in [7, 11) is 3.56. The maximum atomic E-state index is 5.28. The van der Waals surface area contributed by atoms with Crippen molar-refractivity contribution in [2.45, 2.75) is 0 Å². The molecule has 2 aromatic rings. The van der Waals surface area contributed by atoms with E-state index in [2.05, 4.69) is 10.7 Å². The number of hydrogen-bond acceptors (Lipinski definition) is 3. The van der Waals surface area contributed by atoms with Gasteiger partial charge in [0.15, 0.2) is 5.11 Å². The number of anilines is 2. The maximum Gasteiger partial charge on any atom is 0.189 e. The summed E-state index contributed by atoms with van der Waals surface area (Å²) in [6.45, 7) is 0. The van der Waals surface area contributed by atoms with Crippen LogP contribution in [0.1, 0.15) is 0 Å². The minimum Gasteiger partial charge on any atom is -0.497 e. The van der Waals surface area contributed by atoms with Crippen LogP contribution in [0.4, 0.5) is 11.4 Å². The van der Waals surface area contributed by atoms with Crippen molar-refractivity contribution in [3.8, 4) is 5.75 Å². The maximum absolute atomic E-state index is 5.28. The molecule has 20 heavy (non-hydrogen) atoms. The molecule has 2 rings (SSSR count). The van der Waals surface area contributed by atoms with Crippen molar-refractivity contribution >= 4 is 28.7 Å². The van der Waals surface area contributed by atoms with E-state index in [1.807, 2.05) is 66.7 Å². The van der Waals surface area contributed by atoms with Crippen molar-refractivity contribution < 1.29 is 4.74 Å². The zero-order valence-corrected chi connectivity index (χ0v) is 12.3. The van der Waals surface area contributed by atoms with E-state index in [1.165, 1.54) is 0 Å². The van der Waals surface area contributed by atoms with Crippen LogP contribution in [0, 0.1) is 0 Å². The lowest BCUT2D eigenvalue weighted by Crippen LogP contribution is -2.41. The largest absolute Gasteiger partial charge is 0.497 e. The molecule has 0 heterocycles. The van der Waals surface area contributed by atoms with Gasteiger partial charge < -0.3 is 10.1 Å². The van der Waals surface area contributed by atoms with Crippen LogP contribution in [0.2, 0.25) is 0 Å². The number of nitrogens with one attached hydrogen (secondary N) is 2. The van der Waals surface area contributed by atoms with Gasteiger partial charge in [0.05, 0.1) is 12.8 Å². The van der Waals surface area contributed by atoms with Gasteiger partial charge >= 0.3 is 0 Å². The average Bonchev–Trinajstić information content (AvgIpc) is 2.49. The Morgan fingerprint density at radius 2 is 1.70 bits per heavy atom. The number of ether oxygens (including phenoxy) is 1. The molecule has 4 nitrogen and oxygen atoms in total. The molecule has 0 radical (unpaired) electrons. The summed E-state index contributed by atoms with van der Waals surface area (Å²) in [4.78, 5) is 0. The highest BCUT2D eigenvalue weighted by Crippen LogP contribution is 2.15. The average molecular weight is 287 g/mol. The zero-order chi connectivity index (χ0) is 14.4. The van der Waals surface area contributed by atoms with E-state index in [0.717, 1.165) is 17.1 Å². The van der Waals surface area contributed by atoms with Gasteiger partial charge in [-0.2, -0.15) is 0 Å². The Morgan fingerprint density at radius 3 is 2.30 bits per heavy atom. The lowest BCUT2D eigenvalue weighted by Gasteiger charge is -2.22. The van der Waals surface area contributed by atoms with Gasteiger partial charge in [0.25, 0.3) is 0 Å². The minimum absolute atomic E-state index is 0.529. The van der Waals surface area contributed by atoms with Crippen molar-refractivity contribution in [3.05, 3.63) is 54.6 Å². The fourth-order valence-corrected chi connectivity index (χ4v) is 1.96. The fraction of sp³-hybridized carbons (Fsp3) is 0.133. The number of thiocarbonyl (C=S) groups is 1. The molecular formula is C15H17N3OS. The van der Waals surface area contributed by atoms with Gasteiger partial charge in [0.1, 0.15) is 5.75 Å². The van der Waals surface area contributed by atoms with Crippen LogP contribution >= 0.6 is 12.2 Å². The number of methoxy groups -OCH3 is 1. The standard InChI is InChI=1S/C15H17N3OS/c1-18(13-6-4-3-5-7-13)17-15(20)16-12-8-10-14(19-2)11-9-12/h3-11H,1-2H3,(H2,16,17,20). The van der Waals surface area contributed by atoms with Crippen LogP contribution in [0.15, 0.2) is 54.6 Å². The van der Waals surface area contributed by atoms with Crippen LogP contribution in [0.25, 0.3) is 0 Å². The highest BCUT2D eigenvalue weighted by Gasteiger charge is 2.02. The second kappa shape index (κ2) is 6.77. The summed E-state index contributed by atoms with van der Waals surface area (Å²) in [5, 5.41) is 5.51. The van der Waals surface area contributed by atoms with E-state index in [1.54, 1.807) is 7.11 Å². The second-order valence-corrected chi connectivity index (χ2v) is 4.60. The third kappa shape index (κ3) is 3.86. The minimum atomic E-state index is 0.529. The fourth-order valence-electron chi connectivity index (χ4n) is 1.70. The Labute approximate surface area is 124 Å². The highest BCUT2D eigenvalue weighted by molar-refractivity contribution is 7.80. The molecule has 0 unspecified atom stereocenters. The number of hydrogen-bond donors (Lipinski definition) is 2. The molecule has 0 aromatic heterocycles. The molecule has 0 saturated heterocycles. The first-order valence-corrected chi connectivity index (χ1v) is 6.60. The quantitative estimate of drug-likeness (QED) is 0.668. The second-order valence-electron chi connectivity index (χ2n) is 4.19. The topological polar surface area (TPSA) is 36.5 Å². The van der Waals surface area contributed by atoms with Gasteiger partial charge in [-0.15, -0.1) is 0 Å². The first-order valence-electron chi connectivity index (χ1n) is 6.19. The first kappa shape index (κ1) is 14.1. The molecule has 2 N–H and O–H groups in total. The Bertz CT molecular complexity index is 557. The smallest absolute Gasteiger partial charge is 0.189 e. The Kier molecular flexibility index (Phi) is 4.79. The van der Waals surface area contributed by atoms with Crippen LogP contribution < -0.4 is 20.5 Å². The number of benzene rings is 2. The van der Waals surface area contributed by atoms with E-state index >= 15 is 0 Å². The van der Waals surface area contributed by atoms with Gasteiger partial charge in [0, 0.05) is 12.7 Å². The molecule has 2 aromatic carbocycles. The summed E-state index contributed by atoms with van der Waals surface area (Å²) >= 11 is 5.28. The molecule has 0 spiro atoms. The summed E-state index contributed by atoms with van der Waals surface area (Å²) < 4.78 is 5.11. The van der Waals surface area contributed by atoms with Crippen molar-refractivity contribution in [3.63, 3.8) is 0 Å². The van der Waals surface area contributed by atoms with Crippen molar-refractivity contribution in [2.24, 2.45) is 0 Å². The lowest BCUT2D eigenvalue weighted by atomic mass is 10.3. The molecular weight excluding hydrogens is 270 g/mol. The molecule has 0 aliphatic heterocycles. The number of rotatable bonds is 4. The number of nitrogens with zero attached hydrogens (tertiary/aromatic N) is 1. The normalized spacial score (nSPS) is 9.70. The Morgan fingerprint density at radius 1 is 1.05 bits per heavy atom. The zero-order valence-electron chi connectivity index (χ0n) is 11.5. The van der Waals surface area contributed by atoms with E-state index in [-0.39, 0.29) is 0 Å². The van der Waals surface area contributed by atoms with Gasteiger partial charge in [-0.3, -0.25) is 10.4 Å². The Balaban J connectivity index is 1.91.